The molecule has 2 amide bonds. The Kier molecular flexibility index (Phi) is 6.61. The van der Waals surface area contributed by atoms with Crippen LogP contribution in [-0.2, 0) is 19.1 Å². The summed E-state index contributed by atoms with van der Waals surface area (Å²) < 4.78 is 6.19. The first-order valence-corrected chi connectivity index (χ1v) is 10.6. The fraction of sp³-hybridized carbons (Fsp3) is 0.348. The number of carbonyl (C=O) groups excluding carboxylic acids is 3. The van der Waals surface area contributed by atoms with Crippen molar-refractivity contribution in [1.82, 2.24) is 0 Å². The topological polar surface area (TPSA) is 75.7 Å². The number of hydrogen-bond donors (Lipinski definition) is 1. The molecule has 1 N–H and O–H groups in total. The first-order chi connectivity index (χ1) is 14.2. The van der Waals surface area contributed by atoms with Gasteiger partial charge in [-0.1, -0.05) is 34.1 Å². The van der Waals surface area contributed by atoms with Gasteiger partial charge in [-0.25, -0.2) is 0 Å². The second-order valence-electron chi connectivity index (χ2n) is 7.73. The summed E-state index contributed by atoms with van der Waals surface area (Å²) >= 11 is 3.49. The summed E-state index contributed by atoms with van der Waals surface area (Å²) in [4.78, 5) is 38.8. The van der Waals surface area contributed by atoms with Crippen LogP contribution in [0.25, 0.3) is 0 Å². The van der Waals surface area contributed by atoms with Crippen LogP contribution < -0.4 is 10.2 Å². The van der Waals surface area contributed by atoms with Crippen molar-refractivity contribution in [2.45, 2.75) is 34.1 Å². The van der Waals surface area contributed by atoms with E-state index in [1.165, 1.54) is 0 Å². The van der Waals surface area contributed by atoms with E-state index in [2.05, 4.69) is 21.2 Å². The molecule has 0 bridgehead atoms. The van der Waals surface area contributed by atoms with E-state index in [9.17, 15) is 14.4 Å². The van der Waals surface area contributed by atoms with Crippen molar-refractivity contribution in [3.8, 4) is 0 Å². The second-order valence-corrected chi connectivity index (χ2v) is 8.52. The zero-order valence-corrected chi connectivity index (χ0v) is 19.1. The molecule has 2 aromatic carbocycles. The zero-order chi connectivity index (χ0) is 22.0. The highest BCUT2D eigenvalue weighted by molar-refractivity contribution is 9.10. The van der Waals surface area contributed by atoms with Gasteiger partial charge in [-0.3, -0.25) is 14.4 Å². The number of rotatable bonds is 5. The second kappa shape index (κ2) is 9.00. The fourth-order valence-electron chi connectivity index (χ4n) is 3.78. The van der Waals surface area contributed by atoms with Crippen LogP contribution in [0.4, 0.5) is 11.4 Å². The molecule has 158 valence electrons. The molecule has 0 spiro atoms. The van der Waals surface area contributed by atoms with Gasteiger partial charge in [0.1, 0.15) is 0 Å². The van der Waals surface area contributed by atoms with Crippen LogP contribution >= 0.6 is 15.9 Å². The van der Waals surface area contributed by atoms with Crippen molar-refractivity contribution >= 4 is 45.1 Å². The molecule has 1 atom stereocenters. The van der Waals surface area contributed by atoms with E-state index in [-0.39, 0.29) is 25.5 Å². The number of aryl methyl sites for hydroxylation is 4. The zero-order valence-electron chi connectivity index (χ0n) is 17.5. The Morgan fingerprint density at radius 2 is 1.70 bits per heavy atom. The van der Waals surface area contributed by atoms with Crippen molar-refractivity contribution in [2.75, 3.05) is 23.4 Å². The number of ether oxygens (including phenoxy) is 1. The van der Waals surface area contributed by atoms with Gasteiger partial charge in [-0.05, 0) is 62.1 Å². The molecule has 0 radical (unpaired) electrons. The van der Waals surface area contributed by atoms with Gasteiger partial charge in [0.05, 0.1) is 5.92 Å². The number of amides is 2. The number of carbonyl (C=O) groups is 3. The summed E-state index contributed by atoms with van der Waals surface area (Å²) in [5.41, 5.74) is 5.45. The summed E-state index contributed by atoms with van der Waals surface area (Å²) in [7, 11) is 0. The lowest BCUT2D eigenvalue weighted by Crippen LogP contribution is -2.29. The molecule has 30 heavy (non-hydrogen) atoms. The Labute approximate surface area is 184 Å². The van der Waals surface area contributed by atoms with Gasteiger partial charge >= 0.3 is 5.97 Å². The minimum Gasteiger partial charge on any atom is -0.455 e. The Morgan fingerprint density at radius 3 is 2.30 bits per heavy atom. The maximum absolute atomic E-state index is 12.5. The average Bonchev–Trinajstić information content (AvgIpc) is 3.05. The first-order valence-electron chi connectivity index (χ1n) is 9.77. The third-order valence-electron chi connectivity index (χ3n) is 5.23. The third-order valence-corrected chi connectivity index (χ3v) is 6.48. The van der Waals surface area contributed by atoms with E-state index in [1.807, 2.05) is 58.0 Å². The number of benzene rings is 2. The molecule has 0 aliphatic carbocycles. The molecule has 1 fully saturated rings. The van der Waals surface area contributed by atoms with Crippen molar-refractivity contribution < 1.29 is 19.1 Å². The molecule has 0 aromatic heterocycles. The summed E-state index contributed by atoms with van der Waals surface area (Å²) in [6.45, 7) is 7.63. The highest BCUT2D eigenvalue weighted by Gasteiger charge is 2.37. The number of esters is 1. The van der Waals surface area contributed by atoms with E-state index in [4.69, 9.17) is 4.74 Å². The largest absolute Gasteiger partial charge is 0.455 e. The van der Waals surface area contributed by atoms with Crippen molar-refractivity contribution in [1.29, 1.82) is 0 Å². The highest BCUT2D eigenvalue weighted by atomic mass is 79.9. The van der Waals surface area contributed by atoms with Crippen LogP contribution in [0.3, 0.4) is 0 Å². The van der Waals surface area contributed by atoms with Gasteiger partial charge in [0, 0.05) is 28.8 Å². The molecule has 0 saturated carbocycles. The molecular weight excluding hydrogens is 448 g/mol. The maximum Gasteiger partial charge on any atom is 0.311 e. The van der Waals surface area contributed by atoms with Crippen molar-refractivity contribution in [3.05, 3.63) is 57.1 Å². The smallest absolute Gasteiger partial charge is 0.311 e. The van der Waals surface area contributed by atoms with Crippen LogP contribution in [0.5, 0.6) is 0 Å². The van der Waals surface area contributed by atoms with Crippen LogP contribution in [0.1, 0.15) is 28.7 Å². The summed E-state index contributed by atoms with van der Waals surface area (Å²) in [6.07, 6.45) is 0.0827. The molecule has 1 saturated heterocycles. The number of para-hydroxylation sites is 1. The lowest BCUT2D eigenvalue weighted by molar-refractivity contribution is -0.151. The van der Waals surface area contributed by atoms with E-state index in [0.717, 1.165) is 32.4 Å². The van der Waals surface area contributed by atoms with Crippen LogP contribution in [0, 0.1) is 33.6 Å². The van der Waals surface area contributed by atoms with Crippen molar-refractivity contribution in [3.63, 3.8) is 0 Å². The van der Waals surface area contributed by atoms with E-state index >= 15 is 0 Å². The molecule has 2 aromatic rings. The van der Waals surface area contributed by atoms with Crippen LogP contribution in [0.2, 0.25) is 0 Å². The van der Waals surface area contributed by atoms with E-state index in [1.54, 1.807) is 4.90 Å². The van der Waals surface area contributed by atoms with Gasteiger partial charge in [0.15, 0.2) is 6.61 Å². The van der Waals surface area contributed by atoms with Crippen LogP contribution in [0.15, 0.2) is 34.8 Å². The molecule has 0 unspecified atom stereocenters. The average molecular weight is 473 g/mol. The lowest BCUT2D eigenvalue weighted by atomic mass is 10.1. The predicted molar refractivity (Wildman–Crippen MR) is 120 cm³/mol. The number of halogens is 1. The Hall–Kier alpha value is -2.67. The first kappa shape index (κ1) is 22.0. The molecule has 1 aliphatic rings. The Morgan fingerprint density at radius 1 is 1.10 bits per heavy atom. The standard InChI is InChI=1S/C23H25BrN2O4/c1-13-6-5-7-14(2)22(13)26-11-17(10-20(26)28)23(29)30-12-19(27)25-18-8-15(3)21(24)16(4)9-18/h5-9,17H,10-12H2,1-4H3,(H,25,27)/t17-/m1/s1. The van der Waals surface area contributed by atoms with Gasteiger partial charge in [0.2, 0.25) is 5.91 Å². The van der Waals surface area contributed by atoms with Gasteiger partial charge < -0.3 is 15.0 Å². The van der Waals surface area contributed by atoms with Crippen molar-refractivity contribution in [2.24, 2.45) is 5.92 Å². The molecule has 7 heteroatoms. The van der Waals surface area contributed by atoms with Gasteiger partial charge in [-0.15, -0.1) is 0 Å². The summed E-state index contributed by atoms with van der Waals surface area (Å²) in [5, 5.41) is 2.74. The monoisotopic (exact) mass is 472 g/mol. The Bertz CT molecular complexity index is 975. The molecule has 3 rings (SSSR count). The number of hydrogen-bond acceptors (Lipinski definition) is 4. The Balaban J connectivity index is 1.58. The highest BCUT2D eigenvalue weighted by Crippen LogP contribution is 2.31. The molecule has 1 heterocycles. The minimum absolute atomic E-state index is 0.0827. The third kappa shape index (κ3) is 4.73. The van der Waals surface area contributed by atoms with E-state index < -0.39 is 17.8 Å². The minimum atomic E-state index is -0.582. The fourth-order valence-corrected chi connectivity index (χ4v) is 4.01. The van der Waals surface area contributed by atoms with Gasteiger partial charge in [0.25, 0.3) is 5.91 Å². The molecule has 6 nitrogen and oxygen atoms in total. The van der Waals surface area contributed by atoms with Gasteiger partial charge in [-0.2, -0.15) is 0 Å². The molecule has 1 aliphatic heterocycles. The van der Waals surface area contributed by atoms with E-state index in [0.29, 0.717) is 5.69 Å². The predicted octanol–water partition coefficient (Wildman–Crippen LogP) is 4.22. The summed E-state index contributed by atoms with van der Waals surface area (Å²) in [6, 6.07) is 9.51. The normalized spacial score (nSPS) is 16.0. The summed E-state index contributed by atoms with van der Waals surface area (Å²) in [5.74, 6) is -1.64. The maximum atomic E-state index is 12.5. The number of nitrogens with one attached hydrogen (secondary N) is 1. The molecular formula is C23H25BrN2O4. The quantitative estimate of drug-likeness (QED) is 0.660. The SMILES string of the molecule is Cc1cc(NC(=O)COC(=O)[C@@H]2CC(=O)N(c3c(C)cccc3C)C2)cc(C)c1Br. The lowest BCUT2D eigenvalue weighted by Gasteiger charge is -2.21. The number of nitrogens with zero attached hydrogens (tertiary/aromatic N) is 1. The number of anilines is 2. The van der Waals surface area contributed by atoms with Crippen LogP contribution in [-0.4, -0.2) is 30.9 Å².